The zero-order chi connectivity index (χ0) is 27.1. The van der Waals surface area contributed by atoms with E-state index in [0.717, 1.165) is 11.6 Å². The summed E-state index contributed by atoms with van der Waals surface area (Å²) in [7, 11) is 3.59. The number of hydrogen-bond donors (Lipinski definition) is 1. The third kappa shape index (κ3) is 3.73. The molecule has 0 radical (unpaired) electrons. The molecule has 6 rings (SSSR count). The fourth-order valence-electron chi connectivity index (χ4n) is 6.38. The summed E-state index contributed by atoms with van der Waals surface area (Å²) in [6.45, 7) is 1.73. The Morgan fingerprint density at radius 2 is 2.00 bits per heavy atom. The summed E-state index contributed by atoms with van der Waals surface area (Å²) in [5, 5.41) is 3.12. The van der Waals surface area contributed by atoms with Gasteiger partial charge in [0, 0.05) is 32.1 Å². The van der Waals surface area contributed by atoms with Crippen molar-refractivity contribution in [1.82, 2.24) is 14.9 Å². The zero-order valence-electron chi connectivity index (χ0n) is 21.1. The van der Waals surface area contributed by atoms with Gasteiger partial charge in [0.1, 0.15) is 17.2 Å². The van der Waals surface area contributed by atoms with E-state index < -0.39 is 40.5 Å². The molecule has 6 nitrogen and oxygen atoms in total. The molecule has 3 aliphatic carbocycles. The molecule has 2 fully saturated rings. The highest BCUT2D eigenvalue weighted by Gasteiger charge is 2.64. The van der Waals surface area contributed by atoms with Gasteiger partial charge in [-0.05, 0) is 62.4 Å². The van der Waals surface area contributed by atoms with Crippen LogP contribution < -0.4 is 15.6 Å². The van der Waals surface area contributed by atoms with Crippen molar-refractivity contribution < 1.29 is 18.0 Å². The number of carbonyl (C=O) groups excluding carboxylic acids is 1. The molecule has 198 valence electrons. The van der Waals surface area contributed by atoms with Crippen LogP contribution in [-0.2, 0) is 0 Å². The van der Waals surface area contributed by atoms with Crippen LogP contribution in [0.3, 0.4) is 0 Å². The Labute approximate surface area is 222 Å². The van der Waals surface area contributed by atoms with Crippen molar-refractivity contribution in [2.24, 2.45) is 17.8 Å². The lowest BCUT2D eigenvalue weighted by Gasteiger charge is -2.42. The van der Waals surface area contributed by atoms with Crippen LogP contribution in [0.5, 0.6) is 0 Å². The maximum Gasteiger partial charge on any atom is 0.257 e. The van der Waals surface area contributed by atoms with E-state index >= 15 is 0 Å². The van der Waals surface area contributed by atoms with Gasteiger partial charge in [0.15, 0.2) is 5.65 Å². The number of fused-ring (bicyclic) bond motifs is 2. The Bertz CT molecular complexity index is 1600. The van der Waals surface area contributed by atoms with E-state index in [0.29, 0.717) is 24.3 Å². The number of rotatable bonds is 4. The summed E-state index contributed by atoms with van der Waals surface area (Å²) in [6, 6.07) is 7.03. The van der Waals surface area contributed by atoms with Gasteiger partial charge in [-0.1, -0.05) is 23.3 Å². The molecule has 1 aromatic carbocycles. The molecule has 1 amide bonds. The van der Waals surface area contributed by atoms with Crippen LogP contribution in [0.4, 0.5) is 19.0 Å². The first-order valence-electron chi connectivity index (χ1n) is 12.5. The Balaban J connectivity index is 1.46. The smallest absolute Gasteiger partial charge is 0.257 e. The molecule has 0 aliphatic heterocycles. The van der Waals surface area contributed by atoms with Crippen molar-refractivity contribution in [3.63, 3.8) is 0 Å². The Kier molecular flexibility index (Phi) is 5.48. The van der Waals surface area contributed by atoms with E-state index in [9.17, 15) is 22.8 Å². The lowest BCUT2D eigenvalue weighted by Crippen LogP contribution is -2.51. The third-order valence-corrected chi connectivity index (χ3v) is 8.58. The SMILES string of the molecule is CN(C)c1ccc2c(=O)c(C(=O)NC3(C)C=C4CC5C4CC(C3)C5(F)F)cn(-c3ccc(F)cc3Cl)c2n1. The number of carbonyl (C=O) groups is 1. The lowest BCUT2D eigenvalue weighted by atomic mass is 9.68. The number of anilines is 1. The minimum Gasteiger partial charge on any atom is -0.363 e. The van der Waals surface area contributed by atoms with Gasteiger partial charge in [-0.3, -0.25) is 14.2 Å². The molecule has 10 heteroatoms. The van der Waals surface area contributed by atoms with Gasteiger partial charge in [0.05, 0.1) is 21.6 Å². The number of alkyl halides is 2. The summed E-state index contributed by atoms with van der Waals surface area (Å²) in [5.41, 5.74) is -0.253. The number of allylic oxidation sites excluding steroid dienone is 1. The van der Waals surface area contributed by atoms with E-state index in [1.54, 1.807) is 38.1 Å². The molecule has 2 bridgehead atoms. The van der Waals surface area contributed by atoms with E-state index in [4.69, 9.17) is 11.6 Å². The second-order valence-electron chi connectivity index (χ2n) is 11.1. The van der Waals surface area contributed by atoms with Gasteiger partial charge in [0.2, 0.25) is 5.43 Å². The average Bonchev–Trinajstić information content (AvgIpc) is 2.95. The minimum atomic E-state index is -2.76. The van der Waals surface area contributed by atoms with Gasteiger partial charge in [-0.2, -0.15) is 0 Å². The first-order valence-corrected chi connectivity index (χ1v) is 12.9. The van der Waals surface area contributed by atoms with Crippen LogP contribution in [0.15, 0.2) is 53.0 Å². The standard InChI is InChI=1S/C28H26ClF3N4O2/c1-27(11-14-8-20-18(14)9-15(12-27)28(20,31)32)34-26(38)19-13-36(22-6-4-16(30)10-21(22)29)25-17(24(19)37)5-7-23(33-25)35(2)3/h4-7,10-11,13,15,18,20H,8-9,12H2,1-3H3,(H,34,38). The molecular formula is C28H26ClF3N4O2. The number of nitrogens with one attached hydrogen (secondary N) is 1. The number of nitrogens with zero attached hydrogens (tertiary/aromatic N) is 3. The molecular weight excluding hydrogens is 517 g/mol. The fraction of sp³-hybridized carbons (Fsp3) is 0.393. The van der Waals surface area contributed by atoms with E-state index in [1.165, 1.54) is 22.9 Å². The van der Waals surface area contributed by atoms with Crippen LogP contribution in [-0.4, -0.2) is 41.0 Å². The predicted molar refractivity (Wildman–Crippen MR) is 140 cm³/mol. The highest BCUT2D eigenvalue weighted by atomic mass is 35.5. The summed E-state index contributed by atoms with van der Waals surface area (Å²) >= 11 is 6.36. The Morgan fingerprint density at radius 1 is 1.24 bits per heavy atom. The number of aromatic nitrogens is 2. The van der Waals surface area contributed by atoms with Crippen molar-refractivity contribution in [3.05, 3.63) is 74.8 Å². The molecule has 3 aliphatic rings. The van der Waals surface area contributed by atoms with Crippen LogP contribution in [0.1, 0.15) is 36.5 Å². The van der Waals surface area contributed by atoms with Gasteiger partial charge in [-0.25, -0.2) is 18.2 Å². The molecule has 3 aromatic rings. The Morgan fingerprint density at radius 3 is 2.71 bits per heavy atom. The zero-order valence-corrected chi connectivity index (χ0v) is 21.8. The van der Waals surface area contributed by atoms with Gasteiger partial charge in [0.25, 0.3) is 11.8 Å². The normalized spacial score (nSPS) is 26.9. The fourth-order valence-corrected chi connectivity index (χ4v) is 6.63. The largest absolute Gasteiger partial charge is 0.363 e. The summed E-state index contributed by atoms with van der Waals surface area (Å²) in [6.07, 6.45) is 4.08. The van der Waals surface area contributed by atoms with Crippen molar-refractivity contribution in [2.45, 2.75) is 37.6 Å². The van der Waals surface area contributed by atoms with Crippen LogP contribution in [0.2, 0.25) is 5.02 Å². The van der Waals surface area contributed by atoms with Crippen molar-refractivity contribution in [1.29, 1.82) is 0 Å². The van der Waals surface area contributed by atoms with Gasteiger partial charge >= 0.3 is 0 Å². The summed E-state index contributed by atoms with van der Waals surface area (Å²) in [4.78, 5) is 33.5. The van der Waals surface area contributed by atoms with Crippen LogP contribution in [0, 0.1) is 23.6 Å². The molecule has 0 saturated heterocycles. The Hall–Kier alpha value is -3.33. The maximum atomic E-state index is 14.9. The predicted octanol–water partition coefficient (Wildman–Crippen LogP) is 5.35. The molecule has 4 unspecified atom stereocenters. The molecule has 38 heavy (non-hydrogen) atoms. The lowest BCUT2D eigenvalue weighted by molar-refractivity contribution is -0.0985. The second-order valence-corrected chi connectivity index (χ2v) is 11.5. The maximum absolute atomic E-state index is 14.9. The molecule has 2 saturated carbocycles. The second kappa shape index (κ2) is 8.33. The average molecular weight is 543 g/mol. The number of halogens is 4. The first-order chi connectivity index (χ1) is 17.9. The summed E-state index contributed by atoms with van der Waals surface area (Å²) in [5.74, 6) is -5.00. The first kappa shape index (κ1) is 25.0. The molecule has 4 atom stereocenters. The molecule has 1 N–H and O–H groups in total. The quantitative estimate of drug-likeness (QED) is 0.451. The molecule has 2 heterocycles. The molecule has 0 spiro atoms. The molecule has 2 aromatic heterocycles. The number of hydrogen-bond acceptors (Lipinski definition) is 4. The van der Waals surface area contributed by atoms with E-state index in [1.807, 2.05) is 6.08 Å². The highest BCUT2D eigenvalue weighted by molar-refractivity contribution is 6.32. The highest BCUT2D eigenvalue weighted by Crippen LogP contribution is 2.64. The van der Waals surface area contributed by atoms with E-state index in [-0.39, 0.29) is 34.0 Å². The van der Waals surface area contributed by atoms with E-state index in [2.05, 4.69) is 10.3 Å². The van der Waals surface area contributed by atoms with Crippen molar-refractivity contribution >= 4 is 34.4 Å². The van der Waals surface area contributed by atoms with Crippen LogP contribution in [0.25, 0.3) is 16.7 Å². The van der Waals surface area contributed by atoms with Crippen molar-refractivity contribution in [2.75, 3.05) is 19.0 Å². The van der Waals surface area contributed by atoms with Gasteiger partial charge < -0.3 is 10.2 Å². The topological polar surface area (TPSA) is 67.2 Å². The number of pyridine rings is 2. The minimum absolute atomic E-state index is 0.0663. The number of benzene rings is 1. The van der Waals surface area contributed by atoms with Crippen molar-refractivity contribution in [3.8, 4) is 5.69 Å². The number of amides is 1. The van der Waals surface area contributed by atoms with Crippen LogP contribution >= 0.6 is 11.6 Å². The third-order valence-electron chi connectivity index (χ3n) is 8.28. The monoisotopic (exact) mass is 542 g/mol. The van der Waals surface area contributed by atoms with Gasteiger partial charge in [-0.15, -0.1) is 0 Å². The summed E-state index contributed by atoms with van der Waals surface area (Å²) < 4.78 is 45.1.